The molecule has 1 aromatic heterocycles. The molecular weight excluding hydrogens is 278 g/mol. The fourth-order valence-electron chi connectivity index (χ4n) is 2.23. The van der Waals surface area contributed by atoms with E-state index in [2.05, 4.69) is 10.2 Å². The summed E-state index contributed by atoms with van der Waals surface area (Å²) in [6.45, 7) is 1.42. The summed E-state index contributed by atoms with van der Waals surface area (Å²) in [5.74, 6) is -0.305. The van der Waals surface area contributed by atoms with Crippen molar-refractivity contribution in [1.82, 2.24) is 15.0 Å². The molecule has 0 spiro atoms. The average Bonchev–Trinajstić information content (AvgIpc) is 2.97. The number of aryl methyl sites for hydroxylation is 1. The summed E-state index contributed by atoms with van der Waals surface area (Å²) in [5.41, 5.74) is 3.91. The summed E-state index contributed by atoms with van der Waals surface area (Å²) in [4.78, 5) is 13.0. The average molecular weight is 293 g/mol. The molecule has 110 valence electrons. The minimum Gasteiger partial charge on any atom is -0.388 e. The van der Waals surface area contributed by atoms with E-state index in [1.807, 2.05) is 37.3 Å². The number of hydrogen-bond donors (Lipinski definition) is 1. The molecule has 0 aliphatic carbocycles. The predicted octanol–water partition coefficient (Wildman–Crippen LogP) is 2.42. The lowest BCUT2D eigenvalue weighted by atomic mass is 10.1. The topological polar surface area (TPSA) is 68.0 Å². The van der Waals surface area contributed by atoms with Crippen LogP contribution < -0.4 is 0 Å². The Morgan fingerprint density at radius 1 is 1.05 bits per heavy atom. The van der Waals surface area contributed by atoms with E-state index >= 15 is 0 Å². The van der Waals surface area contributed by atoms with Crippen molar-refractivity contribution >= 4 is 5.78 Å². The van der Waals surface area contributed by atoms with Crippen LogP contribution in [0.15, 0.2) is 54.6 Å². The largest absolute Gasteiger partial charge is 0.388 e. The zero-order valence-electron chi connectivity index (χ0n) is 12.1. The maximum absolute atomic E-state index is 11.4. The van der Waals surface area contributed by atoms with Crippen LogP contribution >= 0.6 is 0 Å². The molecule has 3 aromatic rings. The maximum atomic E-state index is 11.4. The van der Waals surface area contributed by atoms with Crippen LogP contribution in [0.3, 0.4) is 0 Å². The van der Waals surface area contributed by atoms with Gasteiger partial charge < -0.3 is 5.11 Å². The fourth-order valence-corrected chi connectivity index (χ4v) is 2.23. The van der Waals surface area contributed by atoms with Crippen molar-refractivity contribution in [3.05, 3.63) is 65.9 Å². The van der Waals surface area contributed by atoms with Gasteiger partial charge in [0.25, 0.3) is 0 Å². The molecule has 0 fully saturated rings. The van der Waals surface area contributed by atoms with Crippen LogP contribution in [0.1, 0.15) is 16.1 Å². The van der Waals surface area contributed by atoms with Gasteiger partial charge >= 0.3 is 0 Å². The van der Waals surface area contributed by atoms with Gasteiger partial charge in [-0.1, -0.05) is 30.3 Å². The molecule has 0 saturated heterocycles. The second-order valence-electron chi connectivity index (χ2n) is 4.92. The standard InChI is InChI=1S/C17H15N3O2/c1-12-17(14-5-3-2-4-6-14)19-20(18-12)15-9-7-13(8-10-15)16(22)11-21/h2-10,21H,11H2,1H3. The van der Waals surface area contributed by atoms with Crippen molar-refractivity contribution in [2.75, 3.05) is 6.61 Å². The Labute approximate surface area is 127 Å². The summed E-state index contributed by atoms with van der Waals surface area (Å²) in [7, 11) is 0. The normalized spacial score (nSPS) is 10.6. The number of aliphatic hydroxyl groups excluding tert-OH is 1. The van der Waals surface area contributed by atoms with Crippen LogP contribution in [0.5, 0.6) is 0 Å². The van der Waals surface area contributed by atoms with Gasteiger partial charge in [-0.2, -0.15) is 9.90 Å². The Morgan fingerprint density at radius 2 is 1.73 bits per heavy atom. The number of carbonyl (C=O) groups excluding carboxylic acids is 1. The van der Waals surface area contributed by atoms with Crippen molar-refractivity contribution in [3.8, 4) is 16.9 Å². The number of rotatable bonds is 4. The fraction of sp³-hybridized carbons (Fsp3) is 0.118. The first-order chi connectivity index (χ1) is 10.7. The molecule has 0 aliphatic heterocycles. The Kier molecular flexibility index (Phi) is 3.80. The Bertz CT molecular complexity index is 793. The van der Waals surface area contributed by atoms with Gasteiger partial charge in [-0.05, 0) is 31.2 Å². The van der Waals surface area contributed by atoms with Gasteiger partial charge in [-0.25, -0.2) is 0 Å². The summed E-state index contributed by atoms with van der Waals surface area (Å²) in [6.07, 6.45) is 0. The molecule has 3 rings (SSSR count). The van der Waals surface area contributed by atoms with Crippen LogP contribution in [0, 0.1) is 6.92 Å². The van der Waals surface area contributed by atoms with Crippen LogP contribution in [0.2, 0.25) is 0 Å². The van der Waals surface area contributed by atoms with E-state index in [-0.39, 0.29) is 5.78 Å². The highest BCUT2D eigenvalue weighted by molar-refractivity contribution is 5.97. The third kappa shape index (κ3) is 2.66. The van der Waals surface area contributed by atoms with E-state index in [9.17, 15) is 4.79 Å². The van der Waals surface area contributed by atoms with Crippen LogP contribution in [-0.2, 0) is 0 Å². The second kappa shape index (κ2) is 5.91. The van der Waals surface area contributed by atoms with Gasteiger partial charge in [0.05, 0.1) is 11.4 Å². The van der Waals surface area contributed by atoms with Gasteiger partial charge in [-0.15, -0.1) is 5.10 Å². The lowest BCUT2D eigenvalue weighted by Gasteiger charge is -2.01. The first-order valence-corrected chi connectivity index (χ1v) is 6.93. The molecular formula is C17H15N3O2. The number of carbonyl (C=O) groups is 1. The highest BCUT2D eigenvalue weighted by Crippen LogP contribution is 2.20. The van der Waals surface area contributed by atoms with E-state index < -0.39 is 6.61 Å². The molecule has 0 aliphatic rings. The molecule has 0 bridgehead atoms. The number of Topliss-reactive ketones (excluding diaryl/α,β-unsaturated/α-hetero) is 1. The zero-order chi connectivity index (χ0) is 15.5. The molecule has 0 saturated carbocycles. The molecule has 0 atom stereocenters. The van der Waals surface area contributed by atoms with Crippen molar-refractivity contribution in [2.24, 2.45) is 0 Å². The van der Waals surface area contributed by atoms with Crippen LogP contribution in [-0.4, -0.2) is 32.5 Å². The number of aromatic nitrogens is 3. The van der Waals surface area contributed by atoms with Gasteiger partial charge in [-0.3, -0.25) is 4.79 Å². The quantitative estimate of drug-likeness (QED) is 0.750. The Hall–Kier alpha value is -2.79. The van der Waals surface area contributed by atoms with Crippen molar-refractivity contribution in [2.45, 2.75) is 6.92 Å². The van der Waals surface area contributed by atoms with Gasteiger partial charge in [0.1, 0.15) is 12.3 Å². The molecule has 5 nitrogen and oxygen atoms in total. The zero-order valence-corrected chi connectivity index (χ0v) is 12.1. The van der Waals surface area contributed by atoms with E-state index in [1.54, 1.807) is 29.1 Å². The number of nitrogens with zero attached hydrogens (tertiary/aromatic N) is 3. The Morgan fingerprint density at radius 3 is 2.36 bits per heavy atom. The molecule has 0 radical (unpaired) electrons. The molecule has 0 unspecified atom stereocenters. The summed E-state index contributed by atoms with van der Waals surface area (Å²) in [5, 5.41) is 17.8. The first kappa shape index (κ1) is 14.2. The number of hydrogen-bond acceptors (Lipinski definition) is 4. The van der Waals surface area contributed by atoms with E-state index in [0.717, 1.165) is 22.6 Å². The van der Waals surface area contributed by atoms with Gasteiger partial charge in [0.2, 0.25) is 0 Å². The maximum Gasteiger partial charge on any atom is 0.188 e. The van der Waals surface area contributed by atoms with Crippen LogP contribution in [0.25, 0.3) is 16.9 Å². The predicted molar refractivity (Wildman–Crippen MR) is 82.9 cm³/mol. The molecule has 5 heteroatoms. The number of aliphatic hydroxyl groups is 1. The SMILES string of the molecule is Cc1nn(-c2ccc(C(=O)CO)cc2)nc1-c1ccccc1. The molecule has 1 N–H and O–H groups in total. The molecule has 2 aromatic carbocycles. The minimum atomic E-state index is -0.489. The van der Waals surface area contributed by atoms with Crippen molar-refractivity contribution in [1.29, 1.82) is 0 Å². The third-order valence-electron chi connectivity index (χ3n) is 3.39. The monoisotopic (exact) mass is 293 g/mol. The highest BCUT2D eigenvalue weighted by atomic mass is 16.3. The van der Waals surface area contributed by atoms with Crippen molar-refractivity contribution in [3.63, 3.8) is 0 Å². The third-order valence-corrected chi connectivity index (χ3v) is 3.39. The van der Waals surface area contributed by atoms with E-state index in [0.29, 0.717) is 5.56 Å². The molecule has 22 heavy (non-hydrogen) atoms. The number of benzene rings is 2. The van der Waals surface area contributed by atoms with E-state index in [4.69, 9.17) is 5.11 Å². The van der Waals surface area contributed by atoms with Crippen molar-refractivity contribution < 1.29 is 9.90 Å². The first-order valence-electron chi connectivity index (χ1n) is 6.93. The van der Waals surface area contributed by atoms with Gasteiger partial charge in [0.15, 0.2) is 5.78 Å². The minimum absolute atomic E-state index is 0.305. The molecule has 1 heterocycles. The highest BCUT2D eigenvalue weighted by Gasteiger charge is 2.11. The number of ketones is 1. The van der Waals surface area contributed by atoms with Gasteiger partial charge in [0, 0.05) is 11.1 Å². The summed E-state index contributed by atoms with van der Waals surface area (Å²) < 4.78 is 0. The second-order valence-corrected chi connectivity index (χ2v) is 4.92. The lowest BCUT2D eigenvalue weighted by Crippen LogP contribution is -2.05. The smallest absolute Gasteiger partial charge is 0.188 e. The van der Waals surface area contributed by atoms with E-state index in [1.165, 1.54) is 0 Å². The summed E-state index contributed by atoms with van der Waals surface area (Å²) in [6, 6.07) is 16.7. The lowest BCUT2D eigenvalue weighted by molar-refractivity contribution is 0.0904. The van der Waals surface area contributed by atoms with Crippen LogP contribution in [0.4, 0.5) is 0 Å². The molecule has 0 amide bonds. The summed E-state index contributed by atoms with van der Waals surface area (Å²) >= 11 is 0. The Balaban J connectivity index is 1.95.